The molecule has 2 rings (SSSR count). The third-order valence-electron chi connectivity index (χ3n) is 3.39. The van der Waals surface area contributed by atoms with Crippen molar-refractivity contribution in [2.45, 2.75) is 18.9 Å². The summed E-state index contributed by atoms with van der Waals surface area (Å²) in [5.41, 5.74) is 0.575. The van der Waals surface area contributed by atoms with Gasteiger partial charge in [0, 0.05) is 30.5 Å². The fraction of sp³-hybridized carbons (Fsp3) is 0.500. The quantitative estimate of drug-likeness (QED) is 0.815. The van der Waals surface area contributed by atoms with Crippen LogP contribution in [-0.4, -0.2) is 39.3 Å². The van der Waals surface area contributed by atoms with Crippen molar-refractivity contribution < 1.29 is 19.6 Å². The number of hydrogen-bond acceptors (Lipinski definition) is 3. The van der Waals surface area contributed by atoms with Crippen LogP contribution in [-0.2, 0) is 0 Å². The monoisotopic (exact) mass is 265 g/mol. The summed E-state index contributed by atoms with van der Waals surface area (Å²) in [5, 5.41) is 5.34. The average molecular weight is 265 g/mol. The lowest BCUT2D eigenvalue weighted by atomic mass is 10.1. The standard InChI is InChI=1S/C14H20N2O3/c1-18-12-7-10(8-13(9-12)19-2)14(17)16-11-3-5-15-6-4-11/h7-9,11,15H,3-6H2,1-2H3,(H,16,17)/p+1. The zero-order chi connectivity index (χ0) is 13.7. The van der Waals surface area contributed by atoms with Crippen LogP contribution in [0.2, 0.25) is 0 Å². The van der Waals surface area contributed by atoms with Gasteiger partial charge in [0.1, 0.15) is 11.5 Å². The van der Waals surface area contributed by atoms with E-state index in [1.165, 1.54) is 0 Å². The maximum atomic E-state index is 12.2. The summed E-state index contributed by atoms with van der Waals surface area (Å²) in [6, 6.07) is 5.49. The lowest BCUT2D eigenvalue weighted by Gasteiger charge is -2.21. The third kappa shape index (κ3) is 3.61. The minimum atomic E-state index is -0.0656. The van der Waals surface area contributed by atoms with E-state index < -0.39 is 0 Å². The van der Waals surface area contributed by atoms with Crippen LogP contribution in [0.3, 0.4) is 0 Å². The van der Waals surface area contributed by atoms with Gasteiger partial charge in [-0.05, 0) is 12.1 Å². The molecule has 1 aromatic carbocycles. The van der Waals surface area contributed by atoms with Crippen LogP contribution in [0.4, 0.5) is 0 Å². The topological polar surface area (TPSA) is 64.2 Å². The van der Waals surface area contributed by atoms with Crippen LogP contribution in [0.5, 0.6) is 11.5 Å². The number of hydrogen-bond donors (Lipinski definition) is 2. The molecule has 1 saturated heterocycles. The molecule has 19 heavy (non-hydrogen) atoms. The minimum absolute atomic E-state index is 0.0656. The Balaban J connectivity index is 2.08. The number of methoxy groups -OCH3 is 2. The second-order valence-corrected chi connectivity index (χ2v) is 4.72. The van der Waals surface area contributed by atoms with Gasteiger partial charge in [-0.1, -0.05) is 0 Å². The molecule has 1 aromatic rings. The number of nitrogens with two attached hydrogens (primary N) is 1. The summed E-state index contributed by atoms with van der Waals surface area (Å²) in [6.45, 7) is 2.15. The number of carbonyl (C=O) groups is 1. The first-order valence-electron chi connectivity index (χ1n) is 6.58. The summed E-state index contributed by atoms with van der Waals surface area (Å²) in [7, 11) is 3.15. The van der Waals surface area contributed by atoms with Crippen molar-refractivity contribution in [3.63, 3.8) is 0 Å². The summed E-state index contributed by atoms with van der Waals surface area (Å²) in [6.07, 6.45) is 2.04. The number of amides is 1. The summed E-state index contributed by atoms with van der Waals surface area (Å²) < 4.78 is 10.3. The molecule has 0 spiro atoms. The van der Waals surface area contributed by atoms with Crippen molar-refractivity contribution in [1.29, 1.82) is 0 Å². The van der Waals surface area contributed by atoms with E-state index in [2.05, 4.69) is 10.6 Å². The molecule has 0 unspecified atom stereocenters. The highest BCUT2D eigenvalue weighted by molar-refractivity contribution is 5.95. The third-order valence-corrected chi connectivity index (χ3v) is 3.39. The molecule has 104 valence electrons. The fourth-order valence-electron chi connectivity index (χ4n) is 2.28. The average Bonchev–Trinajstić information content (AvgIpc) is 2.47. The first kappa shape index (κ1) is 13.7. The smallest absolute Gasteiger partial charge is 0.251 e. The molecule has 5 nitrogen and oxygen atoms in total. The Morgan fingerprint density at radius 3 is 2.26 bits per heavy atom. The Morgan fingerprint density at radius 1 is 1.16 bits per heavy atom. The summed E-state index contributed by atoms with van der Waals surface area (Å²) in [4.78, 5) is 12.2. The molecule has 5 heteroatoms. The van der Waals surface area contributed by atoms with Crippen LogP contribution in [0.25, 0.3) is 0 Å². The number of benzene rings is 1. The van der Waals surface area contributed by atoms with Crippen molar-refractivity contribution in [1.82, 2.24) is 5.32 Å². The second-order valence-electron chi connectivity index (χ2n) is 4.72. The Bertz CT molecular complexity index is 420. The molecule has 0 bridgehead atoms. The highest BCUT2D eigenvalue weighted by Crippen LogP contribution is 2.22. The van der Waals surface area contributed by atoms with Crippen LogP contribution in [0.1, 0.15) is 23.2 Å². The summed E-state index contributed by atoms with van der Waals surface area (Å²) >= 11 is 0. The Hall–Kier alpha value is -1.75. The van der Waals surface area contributed by atoms with Crippen LogP contribution < -0.4 is 20.1 Å². The predicted molar refractivity (Wildman–Crippen MR) is 71.7 cm³/mol. The van der Waals surface area contributed by atoms with E-state index in [1.54, 1.807) is 32.4 Å². The number of rotatable bonds is 4. The normalized spacial score (nSPS) is 15.9. The number of piperidine rings is 1. The predicted octanol–water partition coefficient (Wildman–Crippen LogP) is 0.159. The maximum Gasteiger partial charge on any atom is 0.251 e. The highest BCUT2D eigenvalue weighted by atomic mass is 16.5. The van der Waals surface area contributed by atoms with E-state index in [0.717, 1.165) is 25.9 Å². The molecule has 0 atom stereocenters. The van der Waals surface area contributed by atoms with Gasteiger partial charge in [-0.15, -0.1) is 0 Å². The van der Waals surface area contributed by atoms with Gasteiger partial charge in [-0.2, -0.15) is 0 Å². The van der Waals surface area contributed by atoms with Crippen molar-refractivity contribution in [2.75, 3.05) is 27.3 Å². The van der Waals surface area contributed by atoms with Gasteiger partial charge in [-0.25, -0.2) is 0 Å². The van der Waals surface area contributed by atoms with Gasteiger partial charge in [-0.3, -0.25) is 4.79 Å². The molecular formula is C14H21N2O3+. The number of ether oxygens (including phenoxy) is 2. The van der Waals surface area contributed by atoms with Crippen LogP contribution >= 0.6 is 0 Å². The first-order valence-corrected chi connectivity index (χ1v) is 6.58. The fourth-order valence-corrected chi connectivity index (χ4v) is 2.28. The first-order chi connectivity index (χ1) is 9.22. The van der Waals surface area contributed by atoms with Crippen molar-refractivity contribution in [2.24, 2.45) is 0 Å². The largest absolute Gasteiger partial charge is 0.497 e. The van der Waals surface area contributed by atoms with E-state index in [0.29, 0.717) is 17.1 Å². The van der Waals surface area contributed by atoms with Crippen molar-refractivity contribution in [3.8, 4) is 11.5 Å². The van der Waals surface area contributed by atoms with Crippen LogP contribution in [0.15, 0.2) is 18.2 Å². The molecule has 1 amide bonds. The molecule has 1 heterocycles. The Labute approximate surface area is 113 Å². The van der Waals surface area contributed by atoms with E-state index in [4.69, 9.17) is 9.47 Å². The molecule has 0 radical (unpaired) electrons. The van der Waals surface area contributed by atoms with E-state index in [-0.39, 0.29) is 11.9 Å². The zero-order valence-corrected chi connectivity index (χ0v) is 11.4. The Kier molecular flexibility index (Phi) is 4.63. The van der Waals surface area contributed by atoms with Gasteiger partial charge in [0.05, 0.1) is 27.3 Å². The van der Waals surface area contributed by atoms with Crippen molar-refractivity contribution in [3.05, 3.63) is 23.8 Å². The molecular weight excluding hydrogens is 244 g/mol. The van der Waals surface area contributed by atoms with Crippen LogP contribution in [0, 0.1) is 0 Å². The van der Waals surface area contributed by atoms with Gasteiger partial charge < -0.3 is 20.1 Å². The summed E-state index contributed by atoms with van der Waals surface area (Å²) in [5.74, 6) is 1.19. The molecule has 1 fully saturated rings. The van der Waals surface area contributed by atoms with Gasteiger partial charge in [0.25, 0.3) is 5.91 Å². The molecule has 3 N–H and O–H groups in total. The highest BCUT2D eigenvalue weighted by Gasteiger charge is 2.19. The minimum Gasteiger partial charge on any atom is -0.497 e. The molecule has 1 aliphatic rings. The molecule has 0 saturated carbocycles. The number of nitrogens with one attached hydrogen (secondary N) is 1. The van der Waals surface area contributed by atoms with E-state index >= 15 is 0 Å². The second kappa shape index (κ2) is 6.43. The maximum absolute atomic E-state index is 12.2. The van der Waals surface area contributed by atoms with Gasteiger partial charge in [0.15, 0.2) is 0 Å². The van der Waals surface area contributed by atoms with Gasteiger partial charge in [0.2, 0.25) is 0 Å². The molecule has 0 aliphatic carbocycles. The number of carbonyl (C=O) groups excluding carboxylic acids is 1. The van der Waals surface area contributed by atoms with Crippen molar-refractivity contribution >= 4 is 5.91 Å². The lowest BCUT2D eigenvalue weighted by Crippen LogP contribution is -2.87. The van der Waals surface area contributed by atoms with Gasteiger partial charge >= 0.3 is 0 Å². The van der Waals surface area contributed by atoms with E-state index in [9.17, 15) is 4.79 Å². The lowest BCUT2D eigenvalue weighted by molar-refractivity contribution is -0.663. The molecule has 1 aliphatic heterocycles. The number of quaternary nitrogens is 1. The Morgan fingerprint density at radius 2 is 1.74 bits per heavy atom. The van der Waals surface area contributed by atoms with E-state index in [1.807, 2.05) is 0 Å². The molecule has 0 aromatic heterocycles. The SMILES string of the molecule is COc1cc(OC)cc(C(=O)NC2CC[NH2+]CC2)c1. The zero-order valence-electron chi connectivity index (χ0n) is 11.4.